The molecule has 0 aliphatic carbocycles. The van der Waals surface area contributed by atoms with E-state index in [1.54, 1.807) is 0 Å². The van der Waals surface area contributed by atoms with Gasteiger partial charge in [0.15, 0.2) is 5.82 Å². The summed E-state index contributed by atoms with van der Waals surface area (Å²) >= 11 is 1.89. The van der Waals surface area contributed by atoms with Gasteiger partial charge in [-0.3, -0.25) is 4.79 Å². The number of thioether (sulfide) groups is 1. The molecule has 1 amide bonds. The summed E-state index contributed by atoms with van der Waals surface area (Å²) in [6.07, 6.45) is 3.23. The van der Waals surface area contributed by atoms with Gasteiger partial charge in [0.2, 0.25) is 0 Å². The third kappa shape index (κ3) is 4.04. The first-order valence-electron chi connectivity index (χ1n) is 10.3. The van der Waals surface area contributed by atoms with Crippen LogP contribution in [0.5, 0.6) is 0 Å². The maximum Gasteiger partial charge on any atom is 0.273 e. The number of carbonyl (C=O) groups is 1. The molecule has 0 atom stereocenters. The van der Waals surface area contributed by atoms with Crippen LogP contribution in [-0.2, 0) is 6.54 Å². The number of benzene rings is 1. The summed E-state index contributed by atoms with van der Waals surface area (Å²) in [5.74, 6) is 3.94. The van der Waals surface area contributed by atoms with Gasteiger partial charge in [-0.1, -0.05) is 32.1 Å². The topological polar surface area (TPSA) is 58.1 Å². The monoisotopic (exact) mass is 408 g/mol. The Morgan fingerprint density at radius 2 is 1.86 bits per heavy atom. The second-order valence-corrected chi connectivity index (χ2v) is 9.33. The molecule has 0 unspecified atom stereocenters. The number of hydrogen-bond acceptors (Lipinski definition) is 5. The standard InChI is InChI=1S/C23H28N4OS/c1-14(2)16-7-9-18(10-8-16)24-22-19-12-27(15(3)4)23(28)20(19)25-21(26-22)17-6-5-11-29-13-17/h6-10,14-15H,5,11-13H2,1-4H3,(H,24,25,26). The molecule has 2 aliphatic rings. The zero-order valence-corrected chi connectivity index (χ0v) is 18.3. The van der Waals surface area contributed by atoms with Crippen LogP contribution in [0.3, 0.4) is 0 Å². The Morgan fingerprint density at radius 1 is 1.10 bits per heavy atom. The van der Waals surface area contributed by atoms with E-state index >= 15 is 0 Å². The van der Waals surface area contributed by atoms with E-state index in [2.05, 4.69) is 49.5 Å². The van der Waals surface area contributed by atoms with Gasteiger partial charge in [-0.2, -0.15) is 11.8 Å². The van der Waals surface area contributed by atoms with Crippen molar-refractivity contribution in [2.45, 2.75) is 52.6 Å². The summed E-state index contributed by atoms with van der Waals surface area (Å²) in [5.41, 5.74) is 4.84. The molecule has 4 rings (SSSR count). The summed E-state index contributed by atoms with van der Waals surface area (Å²) in [4.78, 5) is 24.4. The number of nitrogens with zero attached hydrogens (tertiary/aromatic N) is 3. The number of anilines is 2. The number of allylic oxidation sites excluding steroid dienone is 1. The van der Waals surface area contributed by atoms with E-state index < -0.39 is 0 Å². The summed E-state index contributed by atoms with van der Waals surface area (Å²) in [6, 6.07) is 8.57. The molecule has 29 heavy (non-hydrogen) atoms. The molecule has 2 aliphatic heterocycles. The van der Waals surface area contributed by atoms with Gasteiger partial charge >= 0.3 is 0 Å². The van der Waals surface area contributed by atoms with Crippen LogP contribution in [0.1, 0.15) is 67.5 Å². The normalized spacial score (nSPS) is 16.4. The average molecular weight is 409 g/mol. The third-order valence-corrected chi connectivity index (χ3v) is 6.50. The van der Waals surface area contributed by atoms with Crippen molar-refractivity contribution in [3.63, 3.8) is 0 Å². The van der Waals surface area contributed by atoms with Crippen molar-refractivity contribution in [3.05, 3.63) is 53.0 Å². The van der Waals surface area contributed by atoms with Crippen molar-refractivity contribution >= 4 is 34.7 Å². The zero-order chi connectivity index (χ0) is 20.5. The number of carbonyl (C=O) groups excluding carboxylic acids is 1. The Labute approximate surface area is 177 Å². The van der Waals surface area contributed by atoms with Gasteiger partial charge in [0, 0.05) is 28.6 Å². The molecule has 1 aromatic carbocycles. The van der Waals surface area contributed by atoms with Gasteiger partial charge in [-0.05, 0) is 49.6 Å². The molecule has 5 nitrogen and oxygen atoms in total. The van der Waals surface area contributed by atoms with Gasteiger partial charge in [-0.15, -0.1) is 0 Å². The van der Waals surface area contributed by atoms with Crippen LogP contribution in [0, 0.1) is 0 Å². The Hall–Kier alpha value is -2.34. The van der Waals surface area contributed by atoms with Crippen molar-refractivity contribution in [1.29, 1.82) is 0 Å². The molecule has 0 bridgehead atoms. The minimum atomic E-state index is 0.000850. The smallest absolute Gasteiger partial charge is 0.273 e. The van der Waals surface area contributed by atoms with Gasteiger partial charge in [0.05, 0.1) is 6.54 Å². The third-order valence-electron chi connectivity index (χ3n) is 5.46. The number of rotatable bonds is 5. The number of hydrogen-bond donors (Lipinski definition) is 1. The number of amides is 1. The summed E-state index contributed by atoms with van der Waals surface area (Å²) in [6.45, 7) is 9.00. The van der Waals surface area contributed by atoms with Crippen LogP contribution in [0.15, 0.2) is 30.3 Å². The highest BCUT2D eigenvalue weighted by Gasteiger charge is 2.34. The Kier molecular flexibility index (Phi) is 5.63. The highest BCUT2D eigenvalue weighted by Crippen LogP contribution is 2.33. The van der Waals surface area contributed by atoms with E-state index in [0.717, 1.165) is 40.6 Å². The van der Waals surface area contributed by atoms with Crippen molar-refractivity contribution in [1.82, 2.24) is 14.9 Å². The molecule has 3 heterocycles. The van der Waals surface area contributed by atoms with Crippen LogP contribution in [0.4, 0.5) is 11.5 Å². The Morgan fingerprint density at radius 3 is 2.48 bits per heavy atom. The molecule has 6 heteroatoms. The maximum absolute atomic E-state index is 13.0. The number of aromatic nitrogens is 2. The van der Waals surface area contributed by atoms with E-state index in [1.165, 1.54) is 5.56 Å². The second kappa shape index (κ2) is 8.19. The maximum atomic E-state index is 13.0. The molecular weight excluding hydrogens is 380 g/mol. The van der Waals surface area contributed by atoms with Crippen LogP contribution >= 0.6 is 11.8 Å². The van der Waals surface area contributed by atoms with Crippen LogP contribution in [-0.4, -0.2) is 38.3 Å². The van der Waals surface area contributed by atoms with Crippen molar-refractivity contribution in [2.75, 3.05) is 16.8 Å². The molecule has 0 saturated carbocycles. The highest BCUT2D eigenvalue weighted by molar-refractivity contribution is 7.99. The number of nitrogens with one attached hydrogen (secondary N) is 1. The lowest BCUT2D eigenvalue weighted by molar-refractivity contribution is 0.0726. The minimum Gasteiger partial charge on any atom is -0.340 e. The molecule has 0 fully saturated rings. The zero-order valence-electron chi connectivity index (χ0n) is 17.5. The quantitative estimate of drug-likeness (QED) is 0.734. The van der Waals surface area contributed by atoms with Crippen molar-refractivity contribution < 1.29 is 4.79 Å². The highest BCUT2D eigenvalue weighted by atomic mass is 32.2. The predicted octanol–water partition coefficient (Wildman–Crippen LogP) is 5.23. The summed E-state index contributed by atoms with van der Waals surface area (Å²) in [5, 5.41) is 3.47. The van der Waals surface area contributed by atoms with Crippen LogP contribution in [0.2, 0.25) is 0 Å². The predicted molar refractivity (Wildman–Crippen MR) is 121 cm³/mol. The summed E-state index contributed by atoms with van der Waals surface area (Å²) in [7, 11) is 0. The Bertz CT molecular complexity index is 950. The molecule has 2 aromatic rings. The molecule has 0 saturated heterocycles. The van der Waals surface area contributed by atoms with Crippen LogP contribution < -0.4 is 5.32 Å². The average Bonchev–Trinajstić information content (AvgIpc) is 3.06. The van der Waals surface area contributed by atoms with Gasteiger partial charge < -0.3 is 10.2 Å². The second-order valence-electron chi connectivity index (χ2n) is 8.22. The fourth-order valence-corrected chi connectivity index (χ4v) is 4.55. The minimum absolute atomic E-state index is 0.000850. The first kappa shape index (κ1) is 20.0. The fourth-order valence-electron chi connectivity index (χ4n) is 3.65. The Balaban J connectivity index is 1.74. The van der Waals surface area contributed by atoms with Crippen molar-refractivity contribution in [3.8, 4) is 0 Å². The van der Waals surface area contributed by atoms with Gasteiger partial charge in [0.25, 0.3) is 5.91 Å². The molecule has 1 N–H and O–H groups in total. The molecular formula is C23H28N4OS. The fraction of sp³-hybridized carbons (Fsp3) is 0.435. The van der Waals surface area contributed by atoms with Gasteiger partial charge in [0.1, 0.15) is 11.5 Å². The van der Waals surface area contributed by atoms with Gasteiger partial charge in [-0.25, -0.2) is 9.97 Å². The first-order chi connectivity index (χ1) is 13.9. The lowest BCUT2D eigenvalue weighted by Crippen LogP contribution is -2.31. The van der Waals surface area contributed by atoms with E-state index in [-0.39, 0.29) is 11.9 Å². The molecule has 0 radical (unpaired) electrons. The lowest BCUT2D eigenvalue weighted by Gasteiger charge is -2.19. The first-order valence-corrected chi connectivity index (χ1v) is 11.5. The lowest BCUT2D eigenvalue weighted by atomic mass is 10.0. The number of fused-ring (bicyclic) bond motifs is 1. The molecule has 152 valence electrons. The molecule has 1 aromatic heterocycles. The summed E-state index contributed by atoms with van der Waals surface area (Å²) < 4.78 is 0. The van der Waals surface area contributed by atoms with E-state index in [9.17, 15) is 4.79 Å². The SMILES string of the molecule is CC(C)c1ccc(Nc2nc(C3=CCCSC3)nc3c2CN(C(C)C)C3=O)cc1. The van der Waals surface area contributed by atoms with E-state index in [1.807, 2.05) is 30.5 Å². The molecule has 0 spiro atoms. The van der Waals surface area contributed by atoms with Crippen molar-refractivity contribution in [2.24, 2.45) is 0 Å². The largest absolute Gasteiger partial charge is 0.340 e. The van der Waals surface area contributed by atoms with Crippen LogP contribution in [0.25, 0.3) is 5.57 Å². The van der Waals surface area contributed by atoms with E-state index in [0.29, 0.717) is 24.0 Å². The van der Waals surface area contributed by atoms with E-state index in [4.69, 9.17) is 9.97 Å².